The van der Waals surface area contributed by atoms with Gasteiger partial charge in [-0.1, -0.05) is 11.8 Å². The fourth-order valence-electron chi connectivity index (χ4n) is 2.63. The molecule has 0 unspecified atom stereocenters. The topological polar surface area (TPSA) is 99.1 Å². The van der Waals surface area contributed by atoms with Gasteiger partial charge in [0.1, 0.15) is 5.25 Å². The Morgan fingerprint density at radius 1 is 1.25 bits per heavy atom. The van der Waals surface area contributed by atoms with E-state index in [1.165, 1.54) is 36.0 Å². The maximum Gasteiger partial charge on any atom is 0.335 e. The molecule has 24 heavy (non-hydrogen) atoms. The summed E-state index contributed by atoms with van der Waals surface area (Å²) in [4.78, 5) is 41.0. The average molecular weight is 347 g/mol. The van der Waals surface area contributed by atoms with E-state index in [4.69, 9.17) is 5.11 Å². The van der Waals surface area contributed by atoms with Gasteiger partial charge >= 0.3 is 5.97 Å². The number of rotatable bonds is 4. The van der Waals surface area contributed by atoms with Gasteiger partial charge < -0.3 is 15.3 Å². The van der Waals surface area contributed by atoms with Gasteiger partial charge in [0, 0.05) is 25.2 Å². The van der Waals surface area contributed by atoms with Crippen LogP contribution in [0.1, 0.15) is 29.6 Å². The lowest BCUT2D eigenvalue weighted by atomic mass is 10.2. The van der Waals surface area contributed by atoms with Crippen molar-refractivity contribution in [3.63, 3.8) is 0 Å². The molecule has 3 rings (SSSR count). The van der Waals surface area contributed by atoms with Gasteiger partial charge in [-0.05, 0) is 37.1 Å². The first-order chi connectivity index (χ1) is 11.5. The number of hydrogen-bond acceptors (Lipinski definition) is 5. The molecular formula is C16H17N3O4S. The number of amidine groups is 1. The largest absolute Gasteiger partial charge is 0.478 e. The van der Waals surface area contributed by atoms with Crippen molar-refractivity contribution in [2.45, 2.75) is 24.5 Å². The number of aromatic carboxylic acids is 1. The highest BCUT2D eigenvalue weighted by Crippen LogP contribution is 2.29. The number of nitrogens with zero attached hydrogens (tertiary/aromatic N) is 2. The molecule has 2 N–H and O–H groups in total. The summed E-state index contributed by atoms with van der Waals surface area (Å²) in [5.41, 5.74) is 0.652. The Morgan fingerprint density at radius 3 is 2.54 bits per heavy atom. The molecule has 126 valence electrons. The number of nitrogens with one attached hydrogen (secondary N) is 1. The van der Waals surface area contributed by atoms with Crippen LogP contribution in [0.4, 0.5) is 5.69 Å². The molecule has 0 bridgehead atoms. The van der Waals surface area contributed by atoms with Crippen molar-refractivity contribution >= 4 is 40.4 Å². The highest BCUT2D eigenvalue weighted by atomic mass is 32.2. The van der Waals surface area contributed by atoms with Gasteiger partial charge in [0.2, 0.25) is 5.91 Å². The van der Waals surface area contributed by atoms with E-state index in [1.807, 2.05) is 0 Å². The number of carboxylic acid groups (broad SMARTS) is 1. The average Bonchev–Trinajstić information content (AvgIpc) is 3.18. The van der Waals surface area contributed by atoms with Crippen molar-refractivity contribution in [1.29, 1.82) is 0 Å². The van der Waals surface area contributed by atoms with Crippen molar-refractivity contribution in [3.8, 4) is 0 Å². The van der Waals surface area contributed by atoms with Crippen LogP contribution in [0.2, 0.25) is 0 Å². The van der Waals surface area contributed by atoms with Gasteiger partial charge in [-0.15, -0.1) is 0 Å². The van der Waals surface area contributed by atoms with Crippen LogP contribution in [-0.2, 0) is 9.59 Å². The van der Waals surface area contributed by atoms with Crippen molar-refractivity contribution in [1.82, 2.24) is 4.90 Å². The van der Waals surface area contributed by atoms with Crippen LogP contribution in [0.15, 0.2) is 29.3 Å². The summed E-state index contributed by atoms with van der Waals surface area (Å²) in [6, 6.07) is 5.89. The van der Waals surface area contributed by atoms with Gasteiger partial charge in [-0.2, -0.15) is 4.99 Å². The minimum Gasteiger partial charge on any atom is -0.478 e. The number of amides is 2. The second-order valence-corrected chi connectivity index (χ2v) is 6.84. The number of carbonyl (C=O) groups is 3. The van der Waals surface area contributed by atoms with Crippen LogP contribution >= 0.6 is 11.8 Å². The van der Waals surface area contributed by atoms with E-state index < -0.39 is 11.2 Å². The molecule has 0 saturated carbocycles. The molecule has 8 heteroatoms. The standard InChI is InChI=1S/C16H17N3O4S/c20-13(17-11-5-3-10(4-6-11)15(22)23)9-12-14(21)18-16(24-12)19-7-1-2-8-19/h3-6,12H,1-2,7-9H2,(H,17,20)(H,22,23)/t12-/m1/s1. The molecule has 0 aromatic heterocycles. The first-order valence-corrected chi connectivity index (χ1v) is 8.58. The number of benzene rings is 1. The smallest absolute Gasteiger partial charge is 0.335 e. The monoisotopic (exact) mass is 347 g/mol. The molecule has 0 aliphatic carbocycles. The van der Waals surface area contributed by atoms with E-state index in [9.17, 15) is 14.4 Å². The SMILES string of the molecule is O=C(C[C@H]1SC(N2CCCC2)=NC1=O)Nc1ccc(C(=O)O)cc1. The van der Waals surface area contributed by atoms with Crippen molar-refractivity contribution in [2.75, 3.05) is 18.4 Å². The molecule has 1 aromatic rings. The predicted octanol–water partition coefficient (Wildman–Crippen LogP) is 1.81. The third-order valence-corrected chi connectivity index (χ3v) is 5.11. The molecule has 2 amide bonds. The Hall–Kier alpha value is -2.35. The molecule has 1 atom stereocenters. The van der Waals surface area contributed by atoms with Gasteiger partial charge in [0.05, 0.1) is 5.56 Å². The molecule has 2 aliphatic heterocycles. The van der Waals surface area contributed by atoms with Crippen LogP contribution in [0.5, 0.6) is 0 Å². The summed E-state index contributed by atoms with van der Waals surface area (Å²) >= 11 is 1.35. The zero-order valence-corrected chi connectivity index (χ0v) is 13.7. The number of hydrogen-bond donors (Lipinski definition) is 2. The highest BCUT2D eigenvalue weighted by Gasteiger charge is 2.33. The predicted molar refractivity (Wildman–Crippen MR) is 91.3 cm³/mol. The second kappa shape index (κ2) is 7.04. The van der Waals surface area contributed by atoms with Gasteiger partial charge in [0.25, 0.3) is 5.91 Å². The molecule has 2 heterocycles. The summed E-state index contributed by atoms with van der Waals surface area (Å²) in [5.74, 6) is -1.58. The first-order valence-electron chi connectivity index (χ1n) is 7.70. The molecule has 0 radical (unpaired) electrons. The number of likely N-dealkylation sites (tertiary alicyclic amines) is 1. The number of thioether (sulfide) groups is 1. The third kappa shape index (κ3) is 3.76. The summed E-state index contributed by atoms with van der Waals surface area (Å²) in [5, 5.41) is 11.8. The van der Waals surface area contributed by atoms with E-state index >= 15 is 0 Å². The van der Waals surface area contributed by atoms with Crippen LogP contribution < -0.4 is 5.32 Å². The number of carbonyl (C=O) groups excluding carboxylic acids is 2. The lowest BCUT2D eigenvalue weighted by molar-refractivity contribution is -0.121. The Bertz CT molecular complexity index is 696. The van der Waals surface area contributed by atoms with Crippen LogP contribution in [0.3, 0.4) is 0 Å². The number of aliphatic imine (C=N–C) groups is 1. The minimum atomic E-state index is -1.02. The molecule has 1 fully saturated rings. The van der Waals surface area contributed by atoms with Gasteiger partial charge in [0.15, 0.2) is 5.17 Å². The Labute approximate surface area is 143 Å². The fraction of sp³-hybridized carbons (Fsp3) is 0.375. The van der Waals surface area contributed by atoms with Crippen LogP contribution in [-0.4, -0.2) is 51.3 Å². The molecule has 1 aromatic carbocycles. The van der Waals surface area contributed by atoms with E-state index in [0.717, 1.165) is 31.1 Å². The lowest BCUT2D eigenvalue weighted by Crippen LogP contribution is -2.25. The third-order valence-electron chi connectivity index (χ3n) is 3.89. The summed E-state index contributed by atoms with van der Waals surface area (Å²) in [6.07, 6.45) is 2.25. The van der Waals surface area contributed by atoms with Crippen LogP contribution in [0.25, 0.3) is 0 Å². The first kappa shape index (κ1) is 16.5. The van der Waals surface area contributed by atoms with E-state index in [1.54, 1.807) is 0 Å². The maximum absolute atomic E-state index is 12.1. The maximum atomic E-state index is 12.1. The highest BCUT2D eigenvalue weighted by molar-refractivity contribution is 8.15. The van der Waals surface area contributed by atoms with E-state index in [-0.39, 0.29) is 23.8 Å². The number of anilines is 1. The number of carboxylic acids is 1. The molecule has 0 spiro atoms. The Kier molecular flexibility index (Phi) is 4.84. The van der Waals surface area contributed by atoms with Gasteiger partial charge in [-0.3, -0.25) is 9.59 Å². The molecule has 7 nitrogen and oxygen atoms in total. The molecule has 2 aliphatic rings. The normalized spacial score (nSPS) is 20.2. The zero-order chi connectivity index (χ0) is 17.1. The summed E-state index contributed by atoms with van der Waals surface area (Å²) in [7, 11) is 0. The molecular weight excluding hydrogens is 330 g/mol. The van der Waals surface area contributed by atoms with E-state index in [2.05, 4.69) is 15.2 Å². The van der Waals surface area contributed by atoms with Crippen molar-refractivity contribution in [3.05, 3.63) is 29.8 Å². The minimum absolute atomic E-state index is 0.0466. The summed E-state index contributed by atoms with van der Waals surface area (Å²) < 4.78 is 0. The van der Waals surface area contributed by atoms with Gasteiger partial charge in [-0.25, -0.2) is 4.79 Å². The lowest BCUT2D eigenvalue weighted by Gasteiger charge is -2.16. The van der Waals surface area contributed by atoms with Crippen LogP contribution in [0, 0.1) is 0 Å². The fourth-order valence-corrected chi connectivity index (χ4v) is 3.75. The Morgan fingerprint density at radius 2 is 1.92 bits per heavy atom. The zero-order valence-electron chi connectivity index (χ0n) is 12.9. The quantitative estimate of drug-likeness (QED) is 0.862. The summed E-state index contributed by atoms with van der Waals surface area (Å²) in [6.45, 7) is 1.82. The van der Waals surface area contributed by atoms with E-state index in [0.29, 0.717) is 5.69 Å². The second-order valence-electron chi connectivity index (χ2n) is 5.67. The van der Waals surface area contributed by atoms with Crippen molar-refractivity contribution < 1.29 is 19.5 Å². The molecule has 1 saturated heterocycles. The van der Waals surface area contributed by atoms with Crippen molar-refractivity contribution in [2.24, 2.45) is 4.99 Å². The Balaban J connectivity index is 1.53.